The molecule has 3 aromatic carbocycles. The second kappa shape index (κ2) is 7.76. The SMILES string of the molecule is COc1ccc([N+](=O)[O-])cc1N(CC(=O)O)S(=O)(=O)c1ccc2ccccc2c1. The molecule has 0 atom stereocenters. The zero-order valence-electron chi connectivity index (χ0n) is 15.2. The van der Waals surface area contributed by atoms with Crippen molar-refractivity contribution in [1.82, 2.24) is 0 Å². The van der Waals surface area contributed by atoms with Crippen LogP contribution in [0.4, 0.5) is 11.4 Å². The number of ether oxygens (including phenoxy) is 1. The lowest BCUT2D eigenvalue weighted by Gasteiger charge is -2.24. The first-order chi connectivity index (χ1) is 13.7. The van der Waals surface area contributed by atoms with Crippen LogP contribution in [0.3, 0.4) is 0 Å². The standard InChI is InChI=1S/C19H16N2O7S/c1-28-18-9-7-15(21(24)25)11-17(18)20(12-19(22)23)29(26,27)16-8-6-13-4-2-3-5-14(13)10-16/h2-11H,12H2,1H3,(H,22,23). The Kier molecular flexibility index (Phi) is 5.37. The minimum absolute atomic E-state index is 0.0128. The highest BCUT2D eigenvalue weighted by atomic mass is 32.2. The number of hydrogen-bond donors (Lipinski definition) is 1. The van der Waals surface area contributed by atoms with Gasteiger partial charge in [0.2, 0.25) is 0 Å². The summed E-state index contributed by atoms with van der Waals surface area (Å²) in [6, 6.07) is 14.8. The number of nitro benzene ring substituents is 1. The number of anilines is 1. The second-order valence-corrected chi connectivity index (χ2v) is 7.89. The Morgan fingerprint density at radius 2 is 1.79 bits per heavy atom. The summed E-state index contributed by atoms with van der Waals surface area (Å²) >= 11 is 0. The van der Waals surface area contributed by atoms with Gasteiger partial charge in [-0.05, 0) is 29.0 Å². The molecule has 0 saturated carbocycles. The maximum absolute atomic E-state index is 13.3. The molecule has 0 amide bonds. The van der Waals surface area contributed by atoms with Crippen LogP contribution in [0, 0.1) is 10.1 Å². The van der Waals surface area contributed by atoms with Gasteiger partial charge in [-0.15, -0.1) is 0 Å². The van der Waals surface area contributed by atoms with Crippen LogP contribution in [0.15, 0.2) is 65.6 Å². The van der Waals surface area contributed by atoms with E-state index in [0.29, 0.717) is 9.69 Å². The van der Waals surface area contributed by atoms with E-state index in [1.807, 2.05) is 6.07 Å². The summed E-state index contributed by atoms with van der Waals surface area (Å²) in [7, 11) is -3.11. The van der Waals surface area contributed by atoms with E-state index < -0.39 is 33.1 Å². The Balaban J connectivity index is 2.21. The van der Waals surface area contributed by atoms with Gasteiger partial charge < -0.3 is 9.84 Å². The Morgan fingerprint density at radius 1 is 1.10 bits per heavy atom. The minimum atomic E-state index is -4.37. The fourth-order valence-corrected chi connectivity index (χ4v) is 4.32. The van der Waals surface area contributed by atoms with Gasteiger partial charge in [0.25, 0.3) is 15.7 Å². The Hall–Kier alpha value is -3.66. The third-order valence-electron chi connectivity index (χ3n) is 4.23. The normalized spacial score (nSPS) is 11.2. The number of carboxylic acids is 1. The van der Waals surface area contributed by atoms with Crippen LogP contribution in [0.2, 0.25) is 0 Å². The van der Waals surface area contributed by atoms with Crippen LogP contribution in [0.25, 0.3) is 10.8 Å². The van der Waals surface area contributed by atoms with Crippen LogP contribution >= 0.6 is 0 Å². The van der Waals surface area contributed by atoms with E-state index in [2.05, 4.69) is 0 Å². The van der Waals surface area contributed by atoms with E-state index in [0.717, 1.165) is 17.5 Å². The first-order valence-corrected chi connectivity index (χ1v) is 9.74. The molecule has 0 heterocycles. The number of sulfonamides is 1. The molecule has 3 aromatic rings. The first kappa shape index (κ1) is 20.1. The molecule has 29 heavy (non-hydrogen) atoms. The third kappa shape index (κ3) is 3.97. The summed E-state index contributed by atoms with van der Waals surface area (Å²) in [6.45, 7) is -0.938. The van der Waals surface area contributed by atoms with Crippen LogP contribution in [-0.2, 0) is 14.8 Å². The van der Waals surface area contributed by atoms with Crippen LogP contribution < -0.4 is 9.04 Å². The Bertz CT molecular complexity index is 1210. The number of benzene rings is 3. The van der Waals surface area contributed by atoms with Crippen molar-refractivity contribution < 1.29 is 28.0 Å². The molecule has 0 unspecified atom stereocenters. The molecule has 1 N–H and O–H groups in total. The van der Waals surface area contributed by atoms with E-state index in [9.17, 15) is 28.4 Å². The molecular weight excluding hydrogens is 400 g/mol. The monoisotopic (exact) mass is 416 g/mol. The number of methoxy groups -OCH3 is 1. The van der Waals surface area contributed by atoms with Crippen molar-refractivity contribution in [3.63, 3.8) is 0 Å². The van der Waals surface area contributed by atoms with Gasteiger partial charge in [-0.3, -0.25) is 19.2 Å². The lowest BCUT2D eigenvalue weighted by molar-refractivity contribution is -0.384. The van der Waals surface area contributed by atoms with Crippen molar-refractivity contribution >= 4 is 38.1 Å². The molecule has 10 heteroatoms. The van der Waals surface area contributed by atoms with Crippen molar-refractivity contribution in [3.8, 4) is 5.75 Å². The zero-order chi connectivity index (χ0) is 21.2. The highest BCUT2D eigenvalue weighted by Gasteiger charge is 2.31. The number of hydrogen-bond acceptors (Lipinski definition) is 6. The van der Waals surface area contributed by atoms with Crippen molar-refractivity contribution in [3.05, 3.63) is 70.8 Å². The fraction of sp³-hybridized carbons (Fsp3) is 0.105. The van der Waals surface area contributed by atoms with Gasteiger partial charge in [0.15, 0.2) is 0 Å². The number of fused-ring (bicyclic) bond motifs is 1. The number of nitrogens with zero attached hydrogens (tertiary/aromatic N) is 2. The predicted octanol–water partition coefficient (Wildman–Crippen LogP) is 3.04. The number of carbonyl (C=O) groups is 1. The van der Waals surface area contributed by atoms with E-state index in [-0.39, 0.29) is 16.3 Å². The summed E-state index contributed by atoms with van der Waals surface area (Å²) in [5.41, 5.74) is -0.637. The molecule has 0 radical (unpaired) electrons. The zero-order valence-corrected chi connectivity index (χ0v) is 16.0. The van der Waals surface area contributed by atoms with Gasteiger partial charge in [0, 0.05) is 12.1 Å². The molecule has 0 saturated heterocycles. The van der Waals surface area contributed by atoms with E-state index in [1.54, 1.807) is 24.3 Å². The van der Waals surface area contributed by atoms with Crippen LogP contribution in [-0.4, -0.2) is 38.1 Å². The van der Waals surface area contributed by atoms with Gasteiger partial charge >= 0.3 is 5.97 Å². The fourth-order valence-electron chi connectivity index (χ4n) is 2.86. The number of carboxylic acid groups (broad SMARTS) is 1. The minimum Gasteiger partial charge on any atom is -0.495 e. The lowest BCUT2D eigenvalue weighted by Crippen LogP contribution is -2.36. The molecule has 9 nitrogen and oxygen atoms in total. The molecule has 0 spiro atoms. The summed E-state index contributed by atoms with van der Waals surface area (Å²) in [4.78, 5) is 21.7. The van der Waals surface area contributed by atoms with Crippen LogP contribution in [0.5, 0.6) is 5.75 Å². The molecule has 0 aliphatic rings. The average molecular weight is 416 g/mol. The maximum atomic E-state index is 13.3. The van der Waals surface area contributed by atoms with Gasteiger partial charge in [0.1, 0.15) is 18.0 Å². The number of aliphatic carboxylic acids is 1. The van der Waals surface area contributed by atoms with Gasteiger partial charge in [0.05, 0.1) is 16.9 Å². The van der Waals surface area contributed by atoms with E-state index >= 15 is 0 Å². The molecular formula is C19H16N2O7S. The summed E-state index contributed by atoms with van der Waals surface area (Å²) < 4.78 is 32.3. The summed E-state index contributed by atoms with van der Waals surface area (Å²) in [6.07, 6.45) is 0. The molecule has 0 aliphatic carbocycles. The molecule has 0 aromatic heterocycles. The number of rotatable bonds is 7. The Labute approximate surface area is 166 Å². The highest BCUT2D eigenvalue weighted by molar-refractivity contribution is 7.92. The van der Waals surface area contributed by atoms with Gasteiger partial charge in [-0.1, -0.05) is 30.3 Å². The average Bonchev–Trinajstić information content (AvgIpc) is 2.70. The third-order valence-corrected chi connectivity index (χ3v) is 5.99. The van der Waals surface area contributed by atoms with Crippen molar-refractivity contribution in [2.24, 2.45) is 0 Å². The number of non-ortho nitro benzene ring substituents is 1. The lowest BCUT2D eigenvalue weighted by atomic mass is 10.1. The largest absolute Gasteiger partial charge is 0.495 e. The van der Waals surface area contributed by atoms with Crippen molar-refractivity contribution in [1.29, 1.82) is 0 Å². The van der Waals surface area contributed by atoms with Crippen molar-refractivity contribution in [2.45, 2.75) is 4.90 Å². The quantitative estimate of drug-likeness (QED) is 0.463. The van der Waals surface area contributed by atoms with Crippen LogP contribution in [0.1, 0.15) is 0 Å². The molecule has 0 bridgehead atoms. The van der Waals surface area contributed by atoms with Crippen molar-refractivity contribution in [2.75, 3.05) is 18.0 Å². The highest BCUT2D eigenvalue weighted by Crippen LogP contribution is 2.36. The maximum Gasteiger partial charge on any atom is 0.324 e. The summed E-state index contributed by atoms with van der Waals surface area (Å²) in [5, 5.41) is 21.9. The molecule has 150 valence electrons. The van der Waals surface area contributed by atoms with Gasteiger partial charge in [-0.25, -0.2) is 8.42 Å². The summed E-state index contributed by atoms with van der Waals surface area (Å²) in [5.74, 6) is -1.44. The van der Waals surface area contributed by atoms with E-state index in [1.165, 1.54) is 25.3 Å². The molecule has 0 fully saturated rings. The first-order valence-electron chi connectivity index (χ1n) is 8.30. The number of nitro groups is 1. The Morgan fingerprint density at radius 3 is 2.41 bits per heavy atom. The molecule has 3 rings (SSSR count). The second-order valence-electron chi connectivity index (χ2n) is 6.03. The van der Waals surface area contributed by atoms with E-state index in [4.69, 9.17) is 4.74 Å². The van der Waals surface area contributed by atoms with Gasteiger partial charge in [-0.2, -0.15) is 0 Å². The smallest absolute Gasteiger partial charge is 0.324 e. The topological polar surface area (TPSA) is 127 Å². The predicted molar refractivity (Wildman–Crippen MR) is 106 cm³/mol. The molecule has 0 aliphatic heterocycles.